The predicted octanol–water partition coefficient (Wildman–Crippen LogP) is 6.76. The normalized spacial score (nSPS) is 19.4. The number of methoxy groups -OCH3 is 1. The second-order valence-electron chi connectivity index (χ2n) is 12.7. The van der Waals surface area contributed by atoms with Crippen LogP contribution >= 0.6 is 0 Å². The van der Waals surface area contributed by atoms with Crippen LogP contribution in [-0.2, 0) is 43.1 Å². The Labute approximate surface area is 314 Å². The maximum Gasteiger partial charge on any atom is 0.338 e. The average Bonchev–Trinajstić information content (AvgIpc) is 3.22. The number of esters is 3. The summed E-state index contributed by atoms with van der Waals surface area (Å²) in [5.74, 6) is -1.68. The van der Waals surface area contributed by atoms with E-state index in [1.165, 1.54) is 12.7 Å². The summed E-state index contributed by atoms with van der Waals surface area (Å²) in [6, 6.07) is 38.8. The van der Waals surface area contributed by atoms with Gasteiger partial charge in [0, 0.05) is 13.5 Å². The molecule has 0 aromatic heterocycles. The van der Waals surface area contributed by atoms with E-state index in [0.717, 1.165) is 17.5 Å². The minimum atomic E-state index is -1.41. The van der Waals surface area contributed by atoms with Gasteiger partial charge in [0.25, 0.3) is 0 Å². The molecule has 1 heterocycles. The maximum atomic E-state index is 13.7. The highest BCUT2D eigenvalue weighted by atomic mass is 16.7. The molecule has 6 rings (SSSR count). The van der Waals surface area contributed by atoms with E-state index in [-0.39, 0.29) is 24.3 Å². The molecule has 1 aliphatic heterocycles. The van der Waals surface area contributed by atoms with Gasteiger partial charge in [-0.1, -0.05) is 97.9 Å². The van der Waals surface area contributed by atoms with Crippen molar-refractivity contribution in [3.8, 4) is 5.75 Å². The van der Waals surface area contributed by atoms with Gasteiger partial charge in [-0.2, -0.15) is 0 Å². The topological polar surface area (TPSA) is 127 Å². The first-order valence-electron chi connectivity index (χ1n) is 17.8. The lowest BCUT2D eigenvalue weighted by Gasteiger charge is -2.44. The molecular formula is C44H42O10. The van der Waals surface area contributed by atoms with E-state index in [0.29, 0.717) is 23.3 Å². The lowest BCUT2D eigenvalue weighted by Crippen LogP contribution is -2.63. The highest BCUT2D eigenvalue weighted by molar-refractivity contribution is 5.90. The number of aliphatic hydroxyl groups excluding tert-OH is 1. The van der Waals surface area contributed by atoms with Crippen molar-refractivity contribution in [2.75, 3.05) is 13.7 Å². The van der Waals surface area contributed by atoms with E-state index >= 15 is 0 Å². The van der Waals surface area contributed by atoms with Gasteiger partial charge in [-0.05, 0) is 71.1 Å². The Kier molecular flexibility index (Phi) is 12.8. The number of hydrogen-bond donors (Lipinski definition) is 1. The second-order valence-corrected chi connectivity index (χ2v) is 12.7. The molecule has 1 fully saturated rings. The van der Waals surface area contributed by atoms with Crippen molar-refractivity contribution in [1.29, 1.82) is 0 Å². The van der Waals surface area contributed by atoms with Crippen molar-refractivity contribution in [2.24, 2.45) is 0 Å². The number of carbonyl (C=O) groups is 3. The maximum absolute atomic E-state index is 13.7. The van der Waals surface area contributed by atoms with Gasteiger partial charge in [-0.25, -0.2) is 14.4 Å². The minimum absolute atomic E-state index is 0.246. The zero-order valence-electron chi connectivity index (χ0n) is 30.0. The Hall–Kier alpha value is -5.81. The summed E-state index contributed by atoms with van der Waals surface area (Å²) in [6.45, 7) is 1.51. The number of benzene rings is 5. The van der Waals surface area contributed by atoms with Crippen LogP contribution in [0.15, 0.2) is 133 Å². The quantitative estimate of drug-likeness (QED) is 0.0968. The van der Waals surface area contributed by atoms with Crippen LogP contribution in [0.1, 0.15) is 60.3 Å². The Balaban J connectivity index is 1.39. The summed E-state index contributed by atoms with van der Waals surface area (Å²) < 4.78 is 37.0. The van der Waals surface area contributed by atoms with Crippen LogP contribution in [0.25, 0.3) is 0 Å². The molecule has 5 aromatic carbocycles. The molecule has 54 heavy (non-hydrogen) atoms. The van der Waals surface area contributed by atoms with E-state index in [1.807, 2.05) is 18.2 Å². The van der Waals surface area contributed by atoms with Crippen molar-refractivity contribution in [3.63, 3.8) is 0 Å². The fraction of sp³-hybridized carbons (Fsp3) is 0.250. The first kappa shape index (κ1) is 37.9. The fourth-order valence-corrected chi connectivity index (χ4v) is 6.19. The molecule has 0 saturated carbocycles. The first-order valence-corrected chi connectivity index (χ1v) is 17.8. The average molecular weight is 731 g/mol. The second kappa shape index (κ2) is 18.3. The molecule has 1 saturated heterocycles. The van der Waals surface area contributed by atoms with Gasteiger partial charge in [0.05, 0.1) is 23.3 Å². The zero-order valence-corrected chi connectivity index (χ0v) is 30.0. The Bertz CT molecular complexity index is 1980. The lowest BCUT2D eigenvalue weighted by molar-refractivity contribution is -0.280. The summed E-state index contributed by atoms with van der Waals surface area (Å²) in [4.78, 5) is 40.4. The Morgan fingerprint density at radius 2 is 1.15 bits per heavy atom. The predicted molar refractivity (Wildman–Crippen MR) is 199 cm³/mol. The molecule has 0 spiro atoms. The molecule has 278 valence electrons. The molecule has 1 N–H and O–H groups in total. The van der Waals surface area contributed by atoms with Gasteiger partial charge in [-0.15, -0.1) is 0 Å². The Morgan fingerprint density at radius 1 is 0.630 bits per heavy atom. The van der Waals surface area contributed by atoms with E-state index in [4.69, 9.17) is 28.4 Å². The van der Waals surface area contributed by atoms with Crippen LogP contribution in [0.4, 0.5) is 0 Å². The van der Waals surface area contributed by atoms with E-state index in [9.17, 15) is 19.5 Å². The molecule has 10 nitrogen and oxygen atoms in total. The number of ether oxygens (including phenoxy) is 6. The van der Waals surface area contributed by atoms with Crippen LogP contribution in [0.3, 0.4) is 0 Å². The van der Waals surface area contributed by atoms with Gasteiger partial charge in [0.2, 0.25) is 12.4 Å². The highest BCUT2D eigenvalue weighted by Gasteiger charge is 2.52. The standard InChI is InChI=1S/C44H42O10/c1-3-29-19-21-30(22-20-29)25-35-24-23-31(27-45)26-36(35)51-44-40(54-43(48)34-17-11-6-12-18-34)39(53-42(47)33-15-9-5-10-16-33)38(49-2)37(52-44)28-50-41(46)32-13-7-4-8-14-32/h4-24,26,37-40,44-45H,3,25,27-28H2,1-2H3/t37-,38-,39+,40-,44-/m1/s1. The monoisotopic (exact) mass is 730 g/mol. The molecule has 5 atom stereocenters. The van der Waals surface area contributed by atoms with Crippen molar-refractivity contribution in [1.82, 2.24) is 0 Å². The number of rotatable bonds is 14. The number of aliphatic hydroxyl groups is 1. The van der Waals surface area contributed by atoms with Crippen LogP contribution in [0, 0.1) is 0 Å². The SMILES string of the molecule is CCc1ccc(Cc2ccc(CO)cc2O[C@@H]2O[C@H](COC(=O)c3ccccc3)[C@@H](OC)[C@H](OC(=O)c3ccccc3)[C@H]2OC(=O)c2ccccc2)cc1. The molecule has 5 aromatic rings. The molecule has 10 heteroatoms. The van der Waals surface area contributed by atoms with E-state index < -0.39 is 48.6 Å². The Morgan fingerprint density at radius 3 is 1.69 bits per heavy atom. The molecule has 0 radical (unpaired) electrons. The van der Waals surface area contributed by atoms with Crippen molar-refractivity contribution in [3.05, 3.63) is 172 Å². The van der Waals surface area contributed by atoms with Gasteiger partial charge in [-0.3, -0.25) is 0 Å². The van der Waals surface area contributed by atoms with Crippen LogP contribution in [0.5, 0.6) is 5.75 Å². The van der Waals surface area contributed by atoms with E-state index in [2.05, 4.69) is 19.1 Å². The zero-order chi connectivity index (χ0) is 37.9. The summed E-state index contributed by atoms with van der Waals surface area (Å²) in [7, 11) is 1.40. The van der Waals surface area contributed by atoms with Gasteiger partial charge < -0.3 is 33.5 Å². The largest absolute Gasteiger partial charge is 0.460 e. The molecule has 0 bridgehead atoms. The van der Waals surface area contributed by atoms with Crippen LogP contribution in [-0.4, -0.2) is 67.4 Å². The third-order valence-corrected chi connectivity index (χ3v) is 9.14. The third-order valence-electron chi connectivity index (χ3n) is 9.14. The molecule has 0 aliphatic carbocycles. The fourth-order valence-electron chi connectivity index (χ4n) is 6.19. The lowest BCUT2D eigenvalue weighted by atomic mass is 9.97. The molecule has 0 amide bonds. The third kappa shape index (κ3) is 9.40. The van der Waals surface area contributed by atoms with Crippen molar-refractivity contribution in [2.45, 2.75) is 57.1 Å². The summed E-state index contributed by atoms with van der Waals surface area (Å²) in [5, 5.41) is 10.1. The van der Waals surface area contributed by atoms with E-state index in [1.54, 1.807) is 103 Å². The van der Waals surface area contributed by atoms with Gasteiger partial charge >= 0.3 is 17.9 Å². The van der Waals surface area contributed by atoms with Crippen molar-refractivity contribution < 1.29 is 47.9 Å². The van der Waals surface area contributed by atoms with Crippen LogP contribution in [0.2, 0.25) is 0 Å². The van der Waals surface area contributed by atoms with Crippen molar-refractivity contribution >= 4 is 17.9 Å². The summed E-state index contributed by atoms with van der Waals surface area (Å²) >= 11 is 0. The number of hydrogen-bond acceptors (Lipinski definition) is 10. The molecular weight excluding hydrogens is 688 g/mol. The van der Waals surface area contributed by atoms with Gasteiger partial charge in [0.15, 0.2) is 6.10 Å². The number of carbonyl (C=O) groups excluding carboxylic acids is 3. The highest BCUT2D eigenvalue weighted by Crippen LogP contribution is 2.34. The minimum Gasteiger partial charge on any atom is -0.460 e. The summed E-state index contributed by atoms with van der Waals surface area (Å²) in [5.41, 5.74) is 4.37. The smallest absolute Gasteiger partial charge is 0.338 e. The number of aryl methyl sites for hydroxylation is 1. The van der Waals surface area contributed by atoms with Crippen LogP contribution < -0.4 is 4.74 Å². The molecule has 0 unspecified atom stereocenters. The summed E-state index contributed by atoms with van der Waals surface area (Å²) in [6.07, 6.45) is -4.87. The first-order chi connectivity index (χ1) is 26.4. The molecule has 1 aliphatic rings. The van der Waals surface area contributed by atoms with Gasteiger partial charge in [0.1, 0.15) is 24.6 Å².